The largest absolute Gasteiger partial charge is 0.391 e. The molecule has 4 aliphatic rings. The number of anilines is 3. The van der Waals surface area contributed by atoms with Crippen molar-refractivity contribution in [2.75, 3.05) is 68.0 Å². The first-order valence-corrected chi connectivity index (χ1v) is 19.3. The van der Waals surface area contributed by atoms with E-state index in [1.165, 1.54) is 23.9 Å². The highest BCUT2D eigenvalue weighted by molar-refractivity contribution is 6.16. The summed E-state index contributed by atoms with van der Waals surface area (Å²) in [4.78, 5) is 19.2. The quantitative estimate of drug-likeness (QED) is 0.213. The van der Waals surface area contributed by atoms with Gasteiger partial charge in [0.15, 0.2) is 0 Å². The van der Waals surface area contributed by atoms with Crippen molar-refractivity contribution in [1.29, 1.82) is 5.41 Å². The molecule has 284 valence electrons. The summed E-state index contributed by atoms with van der Waals surface area (Å²) in [6.45, 7) is 20.0. The van der Waals surface area contributed by atoms with Crippen molar-refractivity contribution in [3.05, 3.63) is 107 Å². The number of hydrogen-bond acceptors (Lipinski definition) is 9. The normalized spacial score (nSPS) is 23.5. The van der Waals surface area contributed by atoms with Gasteiger partial charge in [0.05, 0.1) is 22.8 Å². The number of pyridine rings is 1. The van der Waals surface area contributed by atoms with E-state index in [0.29, 0.717) is 17.3 Å². The Morgan fingerprint density at radius 3 is 2.52 bits per heavy atom. The Kier molecular flexibility index (Phi) is 11.1. The minimum Gasteiger partial charge on any atom is -0.391 e. The summed E-state index contributed by atoms with van der Waals surface area (Å²) in [6, 6.07) is 14.5. The van der Waals surface area contributed by atoms with Gasteiger partial charge < -0.3 is 30.7 Å². The highest BCUT2D eigenvalue weighted by Crippen LogP contribution is 2.37. The molecule has 0 spiro atoms. The molecule has 2 saturated heterocycles. The molecule has 1 aromatic heterocycles. The topological polar surface area (TPSA) is 86.1 Å². The highest BCUT2D eigenvalue weighted by atomic mass is 19.1. The lowest BCUT2D eigenvalue weighted by Crippen LogP contribution is -2.46. The lowest BCUT2D eigenvalue weighted by molar-refractivity contribution is 0.144. The first-order chi connectivity index (χ1) is 26.1. The van der Waals surface area contributed by atoms with Gasteiger partial charge in [-0.3, -0.25) is 9.88 Å². The Morgan fingerprint density at radius 2 is 1.78 bits per heavy atom. The van der Waals surface area contributed by atoms with Crippen LogP contribution in [0.4, 0.5) is 25.8 Å². The lowest BCUT2D eigenvalue weighted by atomic mass is 9.99. The summed E-state index contributed by atoms with van der Waals surface area (Å²) in [7, 11) is 1.92. The van der Waals surface area contributed by atoms with Crippen LogP contribution in [0.2, 0.25) is 0 Å². The fourth-order valence-electron chi connectivity index (χ4n) is 8.35. The summed E-state index contributed by atoms with van der Waals surface area (Å²) in [5, 5.41) is 15.2. The van der Waals surface area contributed by atoms with E-state index in [1.54, 1.807) is 0 Å². The Balaban J connectivity index is 1.03. The zero-order valence-electron chi connectivity index (χ0n) is 31.9. The first-order valence-electron chi connectivity index (χ1n) is 19.3. The number of allylic oxidation sites excluding steroid dienone is 2. The molecule has 2 fully saturated rings. The van der Waals surface area contributed by atoms with Gasteiger partial charge in [-0.25, -0.2) is 13.8 Å². The third-order valence-electron chi connectivity index (χ3n) is 11.4. The van der Waals surface area contributed by atoms with Crippen LogP contribution in [0.3, 0.4) is 0 Å². The Morgan fingerprint density at radius 1 is 1.00 bits per heavy atom. The molecule has 5 heterocycles. The smallest absolute Gasteiger partial charge is 0.208 e. The average molecular weight is 734 g/mol. The number of benzene rings is 2. The molecule has 2 atom stereocenters. The van der Waals surface area contributed by atoms with Gasteiger partial charge in [-0.05, 0) is 80.5 Å². The fraction of sp³-hybridized carbons (Fsp3) is 0.419. The number of piperazine rings is 1. The van der Waals surface area contributed by atoms with Gasteiger partial charge in [-0.15, -0.1) is 0 Å². The molecule has 9 nitrogen and oxygen atoms in total. The van der Waals surface area contributed by atoms with Crippen LogP contribution < -0.4 is 20.4 Å². The van der Waals surface area contributed by atoms with Gasteiger partial charge in [-0.1, -0.05) is 32.6 Å². The lowest BCUT2D eigenvalue weighted by Gasteiger charge is -2.38. The van der Waals surface area contributed by atoms with Gasteiger partial charge in [0.2, 0.25) is 5.96 Å². The van der Waals surface area contributed by atoms with Crippen LogP contribution in [-0.2, 0) is 6.54 Å². The average Bonchev–Trinajstić information content (AvgIpc) is 3.77. The Bertz CT molecular complexity index is 1960. The van der Waals surface area contributed by atoms with Crippen molar-refractivity contribution >= 4 is 40.5 Å². The van der Waals surface area contributed by atoms with Crippen molar-refractivity contribution in [1.82, 2.24) is 20.1 Å². The number of aliphatic imine (C=N–C) groups is 1. The van der Waals surface area contributed by atoms with Gasteiger partial charge >= 0.3 is 0 Å². The number of fused-ring (bicyclic) bond motifs is 5. The summed E-state index contributed by atoms with van der Waals surface area (Å²) >= 11 is 0. The highest BCUT2D eigenvalue weighted by Gasteiger charge is 2.31. The molecule has 2 bridgehead atoms. The number of hydrogen-bond donors (Lipinski definition) is 3. The molecular formula is C43H53F2N9. The first kappa shape index (κ1) is 37.3. The van der Waals surface area contributed by atoms with E-state index < -0.39 is 11.6 Å². The van der Waals surface area contributed by atoms with E-state index >= 15 is 0 Å². The number of halogens is 2. The van der Waals surface area contributed by atoms with Crippen molar-refractivity contribution < 1.29 is 8.78 Å². The van der Waals surface area contributed by atoms with E-state index in [1.807, 2.05) is 26.1 Å². The van der Waals surface area contributed by atoms with E-state index in [0.717, 1.165) is 142 Å². The van der Waals surface area contributed by atoms with Gasteiger partial charge in [0.1, 0.15) is 11.6 Å². The SMILES string of the molecule is C=C1/N=C2\Nc3ccc(CN4CCN(C(=C)C5CCN(c6cc(F)cc(F)c6)C5)CC4)cc3N2C[C@H](C)CCCC/C(NC)=C(/C=N)c2cc1cc(C)n2. The van der Waals surface area contributed by atoms with Crippen LogP contribution in [0.5, 0.6) is 0 Å². The summed E-state index contributed by atoms with van der Waals surface area (Å²) in [6.07, 6.45) is 6.39. The summed E-state index contributed by atoms with van der Waals surface area (Å²) in [5.74, 6) is 0.402. The maximum atomic E-state index is 13.9. The number of aryl methyl sites for hydroxylation is 1. The Hall–Kier alpha value is -5.03. The number of nitrogens with zero attached hydrogens (tertiary/aromatic N) is 6. The van der Waals surface area contributed by atoms with Crippen molar-refractivity contribution in [2.24, 2.45) is 16.8 Å². The van der Waals surface area contributed by atoms with Crippen molar-refractivity contribution in [3.63, 3.8) is 0 Å². The molecule has 11 heteroatoms. The minimum absolute atomic E-state index is 0.269. The molecule has 0 aliphatic carbocycles. The molecule has 3 aromatic rings. The van der Waals surface area contributed by atoms with Gasteiger partial charge in [-0.2, -0.15) is 0 Å². The number of aromatic nitrogens is 1. The standard InChI is InChI=1S/C43H53F2N9/c1-28-8-6-7-9-39(47-5)38(24-46)41-20-34(18-29(2)48-41)30(3)49-43-50-40-11-10-32(19-42(40)54(43)25-28)26-51-14-16-52(17-15-51)31(4)33-12-13-53(27-33)37-22-35(44)21-36(45)23-37/h10-11,18-24,28,33,46-47H,3-4,6-9,12-17,25-27H2,1-2,5H3,(H,49,50)/b39-38+,46-24?/t28-,33?/m1/s1. The molecule has 2 aromatic carbocycles. The predicted octanol–water partition coefficient (Wildman–Crippen LogP) is 7.87. The molecule has 7 rings (SSSR count). The van der Waals surface area contributed by atoms with Gasteiger partial charge in [0.25, 0.3) is 0 Å². The van der Waals surface area contributed by atoms with Crippen LogP contribution in [0.25, 0.3) is 11.3 Å². The molecule has 54 heavy (non-hydrogen) atoms. The molecule has 4 aliphatic heterocycles. The van der Waals surface area contributed by atoms with Crippen LogP contribution in [0, 0.1) is 35.8 Å². The fourth-order valence-corrected chi connectivity index (χ4v) is 8.35. The number of guanidine groups is 1. The zero-order valence-corrected chi connectivity index (χ0v) is 31.9. The Labute approximate surface area is 318 Å². The van der Waals surface area contributed by atoms with Crippen LogP contribution >= 0.6 is 0 Å². The predicted molar refractivity (Wildman–Crippen MR) is 218 cm³/mol. The summed E-state index contributed by atoms with van der Waals surface area (Å²) < 4.78 is 27.7. The molecule has 0 amide bonds. The zero-order chi connectivity index (χ0) is 37.9. The van der Waals surface area contributed by atoms with E-state index in [4.69, 9.17) is 15.4 Å². The van der Waals surface area contributed by atoms with Crippen LogP contribution in [0.15, 0.2) is 78.1 Å². The minimum atomic E-state index is -0.541. The third kappa shape index (κ3) is 8.21. The van der Waals surface area contributed by atoms with Crippen LogP contribution in [-0.4, -0.2) is 79.8 Å². The second-order valence-electron chi connectivity index (χ2n) is 15.3. The number of nitrogens with one attached hydrogen (secondary N) is 3. The molecule has 0 saturated carbocycles. The molecule has 3 N–H and O–H groups in total. The van der Waals surface area contributed by atoms with Crippen LogP contribution in [0.1, 0.15) is 61.5 Å². The maximum absolute atomic E-state index is 13.9. The van der Waals surface area contributed by atoms with Crippen molar-refractivity contribution in [2.45, 2.75) is 52.5 Å². The molecular weight excluding hydrogens is 681 g/mol. The monoisotopic (exact) mass is 733 g/mol. The third-order valence-corrected chi connectivity index (χ3v) is 11.4. The second-order valence-corrected chi connectivity index (χ2v) is 15.3. The maximum Gasteiger partial charge on any atom is 0.208 e. The van der Waals surface area contributed by atoms with E-state index in [-0.39, 0.29) is 5.92 Å². The molecule has 0 radical (unpaired) electrons. The van der Waals surface area contributed by atoms with E-state index in [2.05, 4.69) is 68.5 Å². The molecule has 1 unspecified atom stereocenters. The summed E-state index contributed by atoms with van der Waals surface area (Å²) in [5.41, 5.74) is 10.2. The van der Waals surface area contributed by atoms with E-state index in [9.17, 15) is 8.78 Å². The number of rotatable bonds is 7. The van der Waals surface area contributed by atoms with Gasteiger partial charge in [0, 0.05) is 112 Å². The second kappa shape index (κ2) is 16.1. The van der Waals surface area contributed by atoms with Crippen molar-refractivity contribution in [3.8, 4) is 0 Å².